The van der Waals surface area contributed by atoms with Gasteiger partial charge in [0.25, 0.3) is 5.91 Å². The highest BCUT2D eigenvalue weighted by Gasteiger charge is 2.39. The first-order chi connectivity index (χ1) is 15.9. The van der Waals surface area contributed by atoms with E-state index < -0.39 is 0 Å². The number of carbonyl (C=O) groups is 2. The molecule has 0 saturated carbocycles. The van der Waals surface area contributed by atoms with Crippen LogP contribution in [0.2, 0.25) is 0 Å². The fourth-order valence-electron chi connectivity index (χ4n) is 5.10. The summed E-state index contributed by atoms with van der Waals surface area (Å²) in [6, 6.07) is 15.9. The highest BCUT2D eigenvalue weighted by molar-refractivity contribution is 5.95. The maximum atomic E-state index is 12.8. The number of hydrogen-bond donors (Lipinski definition) is 2. The summed E-state index contributed by atoms with van der Waals surface area (Å²) in [7, 11) is 5.59. The second-order valence-electron chi connectivity index (χ2n) is 9.27. The first kappa shape index (κ1) is 23.1. The number of piperidine rings is 2. The van der Waals surface area contributed by atoms with Gasteiger partial charge in [-0.3, -0.25) is 14.5 Å². The standard InChI is InChI=1S/C26H34N4O3/c1-29(2)21-12-10-19(11-13-21)27-25(31)17-30-22-7-5-8-23(30)16-20(15-22)28-26(32)18-6-4-9-24(14-18)33-3/h4,6,9-14,20,22-23H,5,7-8,15-17H2,1-3H3,(H,27,31)(H,28,32)/t20?,22-,23+. The zero-order valence-electron chi connectivity index (χ0n) is 19.7. The number of anilines is 2. The van der Waals surface area contributed by atoms with Gasteiger partial charge in [0.05, 0.1) is 13.7 Å². The maximum absolute atomic E-state index is 12.8. The van der Waals surface area contributed by atoms with E-state index in [1.165, 1.54) is 6.42 Å². The van der Waals surface area contributed by atoms with Crippen molar-refractivity contribution in [1.29, 1.82) is 0 Å². The number of hydrogen-bond acceptors (Lipinski definition) is 5. The Morgan fingerprint density at radius 2 is 1.76 bits per heavy atom. The van der Waals surface area contributed by atoms with E-state index in [1.807, 2.05) is 61.5 Å². The lowest BCUT2D eigenvalue weighted by Crippen LogP contribution is -2.58. The highest BCUT2D eigenvalue weighted by Crippen LogP contribution is 2.34. The average molecular weight is 451 g/mol. The zero-order valence-corrected chi connectivity index (χ0v) is 19.7. The van der Waals surface area contributed by atoms with Crippen molar-refractivity contribution in [2.45, 2.75) is 50.2 Å². The molecule has 176 valence electrons. The second kappa shape index (κ2) is 10.3. The molecule has 7 heteroatoms. The van der Waals surface area contributed by atoms with Crippen LogP contribution in [-0.2, 0) is 4.79 Å². The van der Waals surface area contributed by atoms with Crippen molar-refractivity contribution in [3.63, 3.8) is 0 Å². The summed E-state index contributed by atoms with van der Waals surface area (Å²) in [5.41, 5.74) is 2.53. The van der Waals surface area contributed by atoms with Gasteiger partial charge < -0.3 is 20.3 Å². The number of ether oxygens (including phenoxy) is 1. The fraction of sp³-hybridized carbons (Fsp3) is 0.462. The van der Waals surface area contributed by atoms with Crippen LogP contribution in [0.4, 0.5) is 11.4 Å². The van der Waals surface area contributed by atoms with Gasteiger partial charge in [-0.05, 0) is 68.1 Å². The Kier molecular flexibility index (Phi) is 7.18. The van der Waals surface area contributed by atoms with Gasteiger partial charge in [-0.1, -0.05) is 12.5 Å². The smallest absolute Gasteiger partial charge is 0.251 e. The summed E-state index contributed by atoms with van der Waals surface area (Å²) >= 11 is 0. The predicted molar refractivity (Wildman–Crippen MR) is 131 cm³/mol. The van der Waals surface area contributed by atoms with Crippen molar-refractivity contribution in [3.05, 3.63) is 54.1 Å². The number of benzene rings is 2. The van der Waals surface area contributed by atoms with Crippen molar-refractivity contribution in [2.75, 3.05) is 38.0 Å². The second-order valence-corrected chi connectivity index (χ2v) is 9.27. The number of fused-ring (bicyclic) bond motifs is 2. The van der Waals surface area contributed by atoms with Gasteiger partial charge in [-0.15, -0.1) is 0 Å². The molecule has 2 heterocycles. The van der Waals surface area contributed by atoms with Gasteiger partial charge in [-0.2, -0.15) is 0 Å². The maximum Gasteiger partial charge on any atom is 0.251 e. The van der Waals surface area contributed by atoms with Crippen molar-refractivity contribution < 1.29 is 14.3 Å². The monoisotopic (exact) mass is 450 g/mol. The van der Waals surface area contributed by atoms with Crippen LogP contribution >= 0.6 is 0 Å². The van der Waals surface area contributed by atoms with Crippen LogP contribution < -0.4 is 20.3 Å². The number of nitrogens with one attached hydrogen (secondary N) is 2. The highest BCUT2D eigenvalue weighted by atomic mass is 16.5. The number of methoxy groups -OCH3 is 1. The van der Waals surface area contributed by atoms with Crippen LogP contribution in [0.5, 0.6) is 5.75 Å². The Bertz CT molecular complexity index is 962. The summed E-state index contributed by atoms with van der Waals surface area (Å²) in [6.45, 7) is 0.390. The number of rotatable bonds is 7. The molecule has 2 N–H and O–H groups in total. The van der Waals surface area contributed by atoms with Crippen molar-refractivity contribution >= 4 is 23.2 Å². The normalized spacial score (nSPS) is 22.3. The molecule has 2 aromatic rings. The molecular formula is C26H34N4O3. The molecule has 2 aliphatic heterocycles. The minimum Gasteiger partial charge on any atom is -0.497 e. The zero-order chi connectivity index (χ0) is 23.4. The minimum absolute atomic E-state index is 0.0170. The number of carbonyl (C=O) groups excluding carboxylic acids is 2. The molecule has 2 fully saturated rings. The van der Waals surface area contributed by atoms with Gasteiger partial charge in [0.2, 0.25) is 5.91 Å². The molecule has 0 radical (unpaired) electrons. The first-order valence-electron chi connectivity index (χ1n) is 11.7. The SMILES string of the molecule is COc1cccc(C(=O)NC2C[C@H]3CCC[C@@H](C2)N3CC(=O)Nc2ccc(N(C)C)cc2)c1. The molecular weight excluding hydrogens is 416 g/mol. The largest absolute Gasteiger partial charge is 0.497 e. The molecule has 2 aromatic carbocycles. The van der Waals surface area contributed by atoms with Crippen molar-refractivity contribution in [1.82, 2.24) is 10.2 Å². The van der Waals surface area contributed by atoms with E-state index in [0.29, 0.717) is 29.9 Å². The lowest BCUT2D eigenvalue weighted by atomic mass is 9.81. The Hall–Kier alpha value is -3.06. The third-order valence-electron chi connectivity index (χ3n) is 6.79. The van der Waals surface area contributed by atoms with E-state index in [-0.39, 0.29) is 17.9 Å². The van der Waals surface area contributed by atoms with E-state index in [0.717, 1.165) is 37.1 Å². The van der Waals surface area contributed by atoms with Crippen LogP contribution in [0, 0.1) is 0 Å². The summed E-state index contributed by atoms with van der Waals surface area (Å²) in [6.07, 6.45) is 5.05. The van der Waals surface area contributed by atoms with E-state index >= 15 is 0 Å². The summed E-state index contributed by atoms with van der Waals surface area (Å²) in [5.74, 6) is 0.629. The third-order valence-corrected chi connectivity index (χ3v) is 6.79. The summed E-state index contributed by atoms with van der Waals surface area (Å²) in [5, 5.41) is 6.26. The van der Waals surface area contributed by atoms with Gasteiger partial charge >= 0.3 is 0 Å². The molecule has 33 heavy (non-hydrogen) atoms. The molecule has 0 aromatic heterocycles. The average Bonchev–Trinajstić information content (AvgIpc) is 2.80. The van der Waals surface area contributed by atoms with E-state index in [1.54, 1.807) is 13.2 Å². The Morgan fingerprint density at radius 1 is 1.06 bits per heavy atom. The molecule has 2 amide bonds. The molecule has 3 atom stereocenters. The number of nitrogens with zero attached hydrogens (tertiary/aromatic N) is 2. The Labute approximate surface area is 196 Å². The molecule has 0 spiro atoms. The van der Waals surface area contributed by atoms with Crippen LogP contribution in [0.25, 0.3) is 0 Å². The summed E-state index contributed by atoms with van der Waals surface area (Å²) < 4.78 is 5.24. The van der Waals surface area contributed by atoms with E-state index in [4.69, 9.17) is 4.74 Å². The lowest BCUT2D eigenvalue weighted by Gasteiger charge is -2.48. The van der Waals surface area contributed by atoms with Gasteiger partial charge in [0.15, 0.2) is 0 Å². The molecule has 2 bridgehead atoms. The van der Waals surface area contributed by atoms with Gasteiger partial charge in [0, 0.05) is 49.2 Å². The molecule has 7 nitrogen and oxygen atoms in total. The molecule has 4 rings (SSSR count). The lowest BCUT2D eigenvalue weighted by molar-refractivity contribution is -0.120. The molecule has 0 aliphatic carbocycles. The van der Waals surface area contributed by atoms with Crippen molar-refractivity contribution in [3.8, 4) is 5.75 Å². The van der Waals surface area contributed by atoms with Crippen LogP contribution in [-0.4, -0.2) is 62.6 Å². The van der Waals surface area contributed by atoms with Gasteiger partial charge in [-0.25, -0.2) is 0 Å². The Balaban J connectivity index is 1.34. The van der Waals surface area contributed by atoms with Crippen LogP contribution in [0.15, 0.2) is 48.5 Å². The predicted octanol–water partition coefficient (Wildman–Crippen LogP) is 3.52. The summed E-state index contributed by atoms with van der Waals surface area (Å²) in [4.78, 5) is 30.0. The van der Waals surface area contributed by atoms with E-state index in [9.17, 15) is 9.59 Å². The van der Waals surface area contributed by atoms with Gasteiger partial charge in [0.1, 0.15) is 5.75 Å². The van der Waals surface area contributed by atoms with E-state index in [2.05, 4.69) is 15.5 Å². The fourth-order valence-corrected chi connectivity index (χ4v) is 5.10. The molecule has 1 unspecified atom stereocenters. The van der Waals surface area contributed by atoms with Crippen LogP contribution in [0.3, 0.4) is 0 Å². The van der Waals surface area contributed by atoms with Crippen molar-refractivity contribution in [2.24, 2.45) is 0 Å². The molecule has 2 saturated heterocycles. The molecule has 2 aliphatic rings. The third kappa shape index (κ3) is 5.66. The first-order valence-corrected chi connectivity index (χ1v) is 11.7. The topological polar surface area (TPSA) is 73.9 Å². The number of amides is 2. The Morgan fingerprint density at radius 3 is 2.39 bits per heavy atom. The quantitative estimate of drug-likeness (QED) is 0.675. The van der Waals surface area contributed by atoms with Crippen LogP contribution in [0.1, 0.15) is 42.5 Å². The minimum atomic E-state index is -0.0654.